The number of hydrogen-bond acceptors (Lipinski definition) is 6. The molecule has 11 aliphatic heterocycles. The highest BCUT2D eigenvalue weighted by molar-refractivity contribution is 7.79. The van der Waals surface area contributed by atoms with Gasteiger partial charge >= 0.3 is 11.9 Å². The van der Waals surface area contributed by atoms with Crippen molar-refractivity contribution in [1.82, 2.24) is 0 Å². The van der Waals surface area contributed by atoms with Crippen LogP contribution in [0, 0.1) is 0 Å². The third-order valence-corrected chi connectivity index (χ3v) is 66.3. The van der Waals surface area contributed by atoms with E-state index >= 15 is 0 Å². The molecule has 0 saturated carbocycles. The van der Waals surface area contributed by atoms with Gasteiger partial charge in [0.2, 0.25) is 0 Å². The van der Waals surface area contributed by atoms with Crippen molar-refractivity contribution in [2.24, 2.45) is 0 Å². The van der Waals surface area contributed by atoms with Crippen molar-refractivity contribution in [2.75, 3.05) is 75.7 Å². The summed E-state index contributed by atoms with van der Waals surface area (Å²) in [6.07, 6.45) is 33.9. The lowest BCUT2D eigenvalue weighted by Gasteiger charge is -2.39. The standard InChI is InChI=1S/C34H36P2.C30H32P2S.C16H24O3P2.C14H28O2P2.C12H24P2/c1-5-13-27(14-6-1)31-21-22-32(28-15-7-2-8-16-28)35(31)25-26-36-33(29-17-9-3-10-18-29)23-24-34(36)30-19-11-4-12-20-30;1-21-17-19-26(23-11-5-3-6-12-23)31(21)29-25-15-9-10-16-28(25)33-30(29)32-22(2)18-20-27(32)24-13-7-4-8-14-24;1-9-5-6-10(2)20(9)13-14(16(18)19-15(13)17)21-11(3)7-8-12(21)4;1-11-7-15-8-12(2)17(11)5-6-18-13(3)9-16-10-14(18)4;1-11-5-3-7-13(11)9-10-14-8-4-6-12(14)2/h1-20,31-34H,21-26H2;3-16,21-22,26-27H,17-20H2,1-2H3;9-12H,5-8H2,1-4H3;11-14H,5-10H2,1-4H3;11-12H,3-10H2,1-2H3/t31-,32-,33-,34-;21-,22-,26+,27+,31?,32?;9-,10-,11-,12-;11-,12-,13-,14-;11-,12-,13?,14?/m10010/s1. The van der Waals surface area contributed by atoms with E-state index in [0.717, 1.165) is 105 Å². The minimum atomic E-state index is -0.528. The first-order chi connectivity index (χ1) is 59.4. The van der Waals surface area contributed by atoms with Crippen LogP contribution in [0.15, 0.2) is 217 Å². The lowest BCUT2D eigenvalue weighted by molar-refractivity contribution is -0.150. The molecule has 12 heterocycles. The number of carbonyl (C=O) groups is 2. The maximum Gasteiger partial charge on any atom is 0.347 e. The summed E-state index contributed by atoms with van der Waals surface area (Å²) in [7, 11) is -0.339. The zero-order valence-electron chi connectivity index (χ0n) is 75.7. The molecule has 11 aliphatic rings. The van der Waals surface area contributed by atoms with Gasteiger partial charge in [-0.15, -0.1) is 27.2 Å². The maximum atomic E-state index is 12.4. The van der Waals surface area contributed by atoms with Gasteiger partial charge in [0.1, 0.15) is 0 Å². The van der Waals surface area contributed by atoms with Crippen molar-refractivity contribution < 1.29 is 23.8 Å². The van der Waals surface area contributed by atoms with E-state index in [1.807, 2.05) is 0 Å². The lowest BCUT2D eigenvalue weighted by Crippen LogP contribution is -2.31. The number of esters is 2. The summed E-state index contributed by atoms with van der Waals surface area (Å²) in [5.41, 5.74) is 23.1. The molecule has 0 radical (unpaired) electrons. The second-order valence-corrected chi connectivity index (χ2v) is 68.6. The van der Waals surface area contributed by atoms with Crippen LogP contribution in [0.1, 0.15) is 253 Å². The molecule has 10 fully saturated rings. The van der Waals surface area contributed by atoms with Gasteiger partial charge in [-0.2, -0.15) is 0 Å². The van der Waals surface area contributed by atoms with E-state index in [0.29, 0.717) is 49.8 Å². The third-order valence-electron chi connectivity index (χ3n) is 29.7. The fraction of sp³-hybridized carbons (Fsp3) is 0.547. The molecule has 19 rings (SSSR count). The third kappa shape index (κ3) is 22.7. The molecule has 22 atom stereocenters. The molecule has 0 amide bonds. The Kier molecular flexibility index (Phi) is 35.2. The molecule has 1 aromatic heterocycles. The van der Waals surface area contributed by atoms with Gasteiger partial charge in [-0.25, -0.2) is 9.59 Å². The molecule has 8 aromatic rings. The molecule has 0 spiro atoms. The van der Waals surface area contributed by atoms with E-state index in [-0.39, 0.29) is 59.5 Å². The van der Waals surface area contributed by atoms with Crippen LogP contribution in [-0.2, 0) is 23.8 Å². The Morgan fingerprint density at radius 3 is 0.893 bits per heavy atom. The topological polar surface area (TPSA) is 61.8 Å². The van der Waals surface area contributed by atoms with Gasteiger partial charge in [-0.1, -0.05) is 347 Å². The second-order valence-electron chi connectivity index (χ2n) is 37.8. The van der Waals surface area contributed by atoms with Crippen LogP contribution in [0.3, 0.4) is 0 Å². The van der Waals surface area contributed by atoms with E-state index < -0.39 is 15.8 Å². The fourth-order valence-electron chi connectivity index (χ4n) is 23.0. The van der Waals surface area contributed by atoms with Crippen LogP contribution in [0.25, 0.3) is 10.1 Å². The molecule has 654 valence electrons. The van der Waals surface area contributed by atoms with Gasteiger partial charge in [-0.05, 0) is 237 Å². The Morgan fingerprint density at radius 2 is 0.557 bits per heavy atom. The largest absolute Gasteiger partial charge is 0.386 e. The van der Waals surface area contributed by atoms with Gasteiger partial charge in [0.15, 0.2) is 0 Å². The Balaban J connectivity index is 0.000000124. The van der Waals surface area contributed by atoms with Crippen molar-refractivity contribution in [3.63, 3.8) is 0 Å². The molecule has 10 saturated heterocycles. The predicted octanol–water partition coefficient (Wildman–Crippen LogP) is 31.7. The van der Waals surface area contributed by atoms with Crippen LogP contribution >= 0.6 is 90.6 Å². The van der Waals surface area contributed by atoms with Crippen molar-refractivity contribution in [3.8, 4) is 0 Å². The van der Waals surface area contributed by atoms with Crippen LogP contribution in [-0.4, -0.2) is 156 Å². The van der Waals surface area contributed by atoms with Crippen molar-refractivity contribution in [3.05, 3.63) is 250 Å². The average molecular weight is 1840 g/mol. The first-order valence-electron chi connectivity index (χ1n) is 47.5. The zero-order valence-corrected chi connectivity index (χ0v) is 85.5. The van der Waals surface area contributed by atoms with Gasteiger partial charge in [0.25, 0.3) is 0 Å². The fourth-order valence-corrected chi connectivity index (χ4v) is 61.4. The minimum absolute atomic E-state index is 0.100. The van der Waals surface area contributed by atoms with E-state index in [1.54, 1.807) is 99.0 Å². The summed E-state index contributed by atoms with van der Waals surface area (Å²) < 4.78 is 19.7. The van der Waals surface area contributed by atoms with Crippen molar-refractivity contribution >= 4 is 123 Å². The van der Waals surface area contributed by atoms with E-state index in [9.17, 15) is 9.59 Å². The molecule has 4 unspecified atom stereocenters. The quantitative estimate of drug-likeness (QED) is 0.0459. The SMILES string of the molecule is C[C@@H]1COC[C@@H](C)P1CCP1[C@H](C)COC[C@H]1C.C[C@H]1CCCP1CCP1CCC[C@@H]1C.C[C@H]1CC[C@H](C)P1C1=C(P2[C@@H](C)CC[C@@H]2C)C(=O)OC1=O.C[C@H]1CC[C@H](c2ccccc2)P1c1sc2ccccc2c1P1[C@@H](c2ccccc2)CC[C@@H]1C.c1ccc([C@H]2CC[C@H](c3ccccc3)P2CCP2[C@@H](c3ccccc3)CC[C@@H]2c2ccccc2)cc1. The van der Waals surface area contributed by atoms with Crippen molar-refractivity contribution in [1.29, 1.82) is 0 Å². The van der Waals surface area contributed by atoms with Gasteiger partial charge in [0, 0.05) is 76.6 Å². The molecular weight excluding hydrogens is 1690 g/mol. The number of thiophene rings is 1. The Bertz CT molecular complexity index is 4280. The summed E-state index contributed by atoms with van der Waals surface area (Å²) in [4.78, 5) is 24.7. The second kappa shape index (κ2) is 45.6. The molecule has 122 heavy (non-hydrogen) atoms. The summed E-state index contributed by atoms with van der Waals surface area (Å²) in [6, 6.07) is 78.0. The molecular formula is C106H144O5P10S. The van der Waals surface area contributed by atoms with Gasteiger partial charge in [-0.3, -0.25) is 0 Å². The first-order valence-corrected chi connectivity index (χ1v) is 64.5. The smallest absolute Gasteiger partial charge is 0.347 e. The summed E-state index contributed by atoms with van der Waals surface area (Å²) in [6.45, 7) is 32.6. The maximum absolute atomic E-state index is 12.4. The molecule has 7 aromatic carbocycles. The highest BCUT2D eigenvalue weighted by Crippen LogP contribution is 2.77. The molecule has 5 nitrogen and oxygen atoms in total. The average Bonchev–Trinajstić information content (AvgIpc) is 1.62. The molecule has 0 bridgehead atoms. The van der Waals surface area contributed by atoms with Crippen LogP contribution in [0.2, 0.25) is 0 Å². The number of rotatable bonds is 19. The lowest BCUT2D eigenvalue weighted by atomic mass is 10.0. The highest BCUT2D eigenvalue weighted by Gasteiger charge is 2.50. The number of ether oxygens (including phenoxy) is 3. The van der Waals surface area contributed by atoms with Crippen LogP contribution in [0.4, 0.5) is 0 Å². The summed E-state index contributed by atoms with van der Waals surface area (Å²) >= 11 is 2.15. The summed E-state index contributed by atoms with van der Waals surface area (Å²) in [5, 5.41) is 5.04. The van der Waals surface area contributed by atoms with Crippen LogP contribution < -0.4 is 9.92 Å². The highest BCUT2D eigenvalue weighted by atomic mass is 32.1. The monoisotopic (exact) mass is 1840 g/mol. The summed E-state index contributed by atoms with van der Waals surface area (Å²) in [5.74, 6) is -0.619. The van der Waals surface area contributed by atoms with Crippen molar-refractivity contribution in [2.45, 2.75) is 288 Å². The first kappa shape index (κ1) is 94.3. The van der Waals surface area contributed by atoms with Crippen LogP contribution in [0.5, 0.6) is 0 Å². The number of hydrogen-bond donors (Lipinski definition) is 0. The Labute approximate surface area is 754 Å². The zero-order chi connectivity index (χ0) is 84.9. The number of fused-ring (bicyclic) bond motifs is 1. The van der Waals surface area contributed by atoms with E-state index in [4.69, 9.17) is 14.2 Å². The Hall–Kier alpha value is -2.40. The Morgan fingerprint density at radius 1 is 0.279 bits per heavy atom. The number of carbonyl (C=O) groups excluding carboxylic acids is 2. The van der Waals surface area contributed by atoms with Gasteiger partial charge < -0.3 is 14.2 Å². The molecule has 0 N–H and O–H groups in total. The number of benzene rings is 7. The van der Waals surface area contributed by atoms with E-state index in [2.05, 4.69) is 301 Å². The van der Waals surface area contributed by atoms with E-state index in [1.165, 1.54) is 106 Å². The number of cyclic esters (lactones) is 2. The normalized spacial score (nSPS) is 32.9. The minimum Gasteiger partial charge on any atom is -0.386 e. The predicted molar refractivity (Wildman–Crippen MR) is 552 cm³/mol. The van der Waals surface area contributed by atoms with Gasteiger partial charge in [0.05, 0.1) is 37.1 Å². The molecule has 0 aliphatic carbocycles. The molecule has 16 heteroatoms.